The molecule has 0 atom stereocenters. The smallest absolute Gasteiger partial charge is 0.263 e. The van der Waals surface area contributed by atoms with Gasteiger partial charge in [0.2, 0.25) is 0 Å². The van der Waals surface area contributed by atoms with Gasteiger partial charge in [0.05, 0.1) is 24.7 Å². The molecule has 7 heteroatoms. The molecule has 0 unspecified atom stereocenters. The Kier molecular flexibility index (Phi) is 4.74. The summed E-state index contributed by atoms with van der Waals surface area (Å²) in [7, 11) is 0.518. The van der Waals surface area contributed by atoms with Crippen molar-refractivity contribution in [3.05, 3.63) is 29.8 Å². The van der Waals surface area contributed by atoms with Gasteiger partial charge in [0.25, 0.3) is 10.0 Å². The number of hydrogen-bond acceptors (Lipinski definition) is 5. The van der Waals surface area contributed by atoms with E-state index < -0.39 is 10.0 Å². The Bertz CT molecular complexity index is 597. The number of nitrogens with one attached hydrogen (secondary N) is 1. The van der Waals surface area contributed by atoms with Crippen LogP contribution in [0.3, 0.4) is 0 Å². The lowest BCUT2D eigenvalue weighted by molar-refractivity contribution is 0.124. The first kappa shape index (κ1) is 15.0. The number of benzene rings is 1. The molecule has 1 aliphatic rings. The maximum atomic E-state index is 11.8. The van der Waals surface area contributed by atoms with Crippen molar-refractivity contribution in [1.82, 2.24) is 9.62 Å². The van der Waals surface area contributed by atoms with E-state index >= 15 is 0 Å². The summed E-state index contributed by atoms with van der Waals surface area (Å²) in [6.45, 7) is 2.40. The van der Waals surface area contributed by atoms with Gasteiger partial charge in [-0.25, -0.2) is 8.42 Å². The van der Waals surface area contributed by atoms with Crippen LogP contribution < -0.4 is 4.72 Å². The molecule has 0 saturated heterocycles. The van der Waals surface area contributed by atoms with E-state index in [0.29, 0.717) is 31.2 Å². The molecular weight excluding hydrogens is 278 g/mol. The molecule has 6 nitrogen and oxygen atoms in total. The summed E-state index contributed by atoms with van der Waals surface area (Å²) in [4.78, 5) is 6.58. The number of amidine groups is 1. The molecule has 2 rings (SSSR count). The summed E-state index contributed by atoms with van der Waals surface area (Å²) < 4.78 is 31.6. The van der Waals surface area contributed by atoms with Gasteiger partial charge in [0.1, 0.15) is 5.84 Å². The van der Waals surface area contributed by atoms with E-state index in [-0.39, 0.29) is 4.90 Å². The second kappa shape index (κ2) is 6.34. The molecule has 0 bridgehead atoms. The molecule has 1 N–H and O–H groups in total. The standard InChI is InChI=1S/C13H19N3O3S/c1-16(2)8-10-19-9-7-14-13-11-5-3-4-6-12(11)20(17,18)15-13/h3-6H,7-10H2,1-2H3,(H,14,15). The Morgan fingerprint density at radius 3 is 2.75 bits per heavy atom. The van der Waals surface area contributed by atoms with Crippen LogP contribution in [0.5, 0.6) is 0 Å². The van der Waals surface area contributed by atoms with E-state index in [9.17, 15) is 8.42 Å². The van der Waals surface area contributed by atoms with Crippen molar-refractivity contribution >= 4 is 15.9 Å². The monoisotopic (exact) mass is 297 g/mol. The van der Waals surface area contributed by atoms with E-state index in [1.165, 1.54) is 0 Å². The van der Waals surface area contributed by atoms with E-state index in [1.54, 1.807) is 24.3 Å². The van der Waals surface area contributed by atoms with Crippen LogP contribution in [0.25, 0.3) is 0 Å². The molecule has 0 amide bonds. The highest BCUT2D eigenvalue weighted by Gasteiger charge is 2.29. The Morgan fingerprint density at radius 1 is 1.25 bits per heavy atom. The molecule has 0 saturated carbocycles. The van der Waals surface area contributed by atoms with Crippen molar-refractivity contribution < 1.29 is 13.2 Å². The molecule has 1 aliphatic heterocycles. The van der Waals surface area contributed by atoms with Crippen molar-refractivity contribution in [2.45, 2.75) is 4.90 Å². The minimum atomic E-state index is -3.44. The first-order valence-electron chi connectivity index (χ1n) is 6.40. The Balaban J connectivity index is 1.93. The van der Waals surface area contributed by atoms with Crippen LogP contribution in [-0.2, 0) is 14.8 Å². The zero-order valence-electron chi connectivity index (χ0n) is 11.7. The third-order valence-corrected chi connectivity index (χ3v) is 4.25. The van der Waals surface area contributed by atoms with Crippen LogP contribution >= 0.6 is 0 Å². The molecule has 0 aromatic heterocycles. The van der Waals surface area contributed by atoms with E-state index in [2.05, 4.69) is 9.71 Å². The van der Waals surface area contributed by atoms with Crippen LogP contribution in [0.15, 0.2) is 34.2 Å². The molecule has 0 spiro atoms. The Morgan fingerprint density at radius 2 is 2.00 bits per heavy atom. The highest BCUT2D eigenvalue weighted by Crippen LogP contribution is 2.21. The number of nitrogens with zero attached hydrogens (tertiary/aromatic N) is 2. The lowest BCUT2D eigenvalue weighted by Crippen LogP contribution is -2.23. The van der Waals surface area contributed by atoms with Crippen molar-refractivity contribution in [2.75, 3.05) is 40.4 Å². The van der Waals surface area contributed by atoms with Crippen LogP contribution in [-0.4, -0.2) is 59.6 Å². The summed E-state index contributed by atoms with van der Waals surface area (Å²) in [5.74, 6) is 0.400. The number of hydrogen-bond donors (Lipinski definition) is 1. The van der Waals surface area contributed by atoms with Gasteiger partial charge < -0.3 is 9.64 Å². The van der Waals surface area contributed by atoms with Crippen molar-refractivity contribution in [2.24, 2.45) is 4.99 Å². The van der Waals surface area contributed by atoms with Crippen LogP contribution in [0.2, 0.25) is 0 Å². The number of fused-ring (bicyclic) bond motifs is 1. The van der Waals surface area contributed by atoms with Gasteiger partial charge in [-0.3, -0.25) is 9.71 Å². The number of likely N-dealkylation sites (N-methyl/N-ethyl adjacent to an activating group) is 1. The van der Waals surface area contributed by atoms with Crippen LogP contribution in [0.1, 0.15) is 5.56 Å². The molecule has 1 heterocycles. The predicted octanol–water partition coefficient (Wildman–Crippen LogP) is 0.303. The average Bonchev–Trinajstić information content (AvgIpc) is 2.66. The van der Waals surface area contributed by atoms with E-state index in [1.807, 2.05) is 19.0 Å². The number of rotatable bonds is 6. The van der Waals surface area contributed by atoms with Crippen molar-refractivity contribution in [3.63, 3.8) is 0 Å². The fourth-order valence-corrected chi connectivity index (χ4v) is 3.07. The Labute approximate surface area is 119 Å². The molecule has 20 heavy (non-hydrogen) atoms. The minimum Gasteiger partial charge on any atom is -0.378 e. The second-order valence-electron chi connectivity index (χ2n) is 4.75. The van der Waals surface area contributed by atoms with E-state index in [0.717, 1.165) is 6.54 Å². The van der Waals surface area contributed by atoms with Crippen LogP contribution in [0, 0.1) is 0 Å². The van der Waals surface area contributed by atoms with Gasteiger partial charge in [0.15, 0.2) is 0 Å². The predicted molar refractivity (Wildman–Crippen MR) is 77.5 cm³/mol. The average molecular weight is 297 g/mol. The number of aliphatic imine (C=N–C) groups is 1. The topological polar surface area (TPSA) is 71.0 Å². The fraction of sp³-hybridized carbons (Fsp3) is 0.462. The summed E-state index contributed by atoms with van der Waals surface area (Å²) in [6.07, 6.45) is 0. The van der Waals surface area contributed by atoms with Crippen molar-refractivity contribution in [3.8, 4) is 0 Å². The highest BCUT2D eigenvalue weighted by atomic mass is 32.2. The molecule has 1 aromatic rings. The molecular formula is C13H19N3O3S. The van der Waals surface area contributed by atoms with Gasteiger partial charge in [-0.05, 0) is 26.2 Å². The molecule has 1 aromatic carbocycles. The van der Waals surface area contributed by atoms with Gasteiger partial charge in [-0.15, -0.1) is 0 Å². The van der Waals surface area contributed by atoms with Gasteiger partial charge in [0, 0.05) is 12.1 Å². The zero-order valence-corrected chi connectivity index (χ0v) is 12.5. The SMILES string of the molecule is CN(C)CCOCCN=C1NS(=O)(=O)c2ccccc21. The zero-order chi connectivity index (χ0) is 14.6. The molecule has 110 valence electrons. The lowest BCUT2D eigenvalue weighted by Gasteiger charge is -2.08. The molecule has 0 aliphatic carbocycles. The van der Waals surface area contributed by atoms with Gasteiger partial charge >= 0.3 is 0 Å². The van der Waals surface area contributed by atoms with Crippen LogP contribution in [0.4, 0.5) is 0 Å². The maximum absolute atomic E-state index is 11.8. The van der Waals surface area contributed by atoms with Crippen molar-refractivity contribution in [1.29, 1.82) is 0 Å². The first-order valence-corrected chi connectivity index (χ1v) is 7.88. The second-order valence-corrected chi connectivity index (χ2v) is 6.40. The maximum Gasteiger partial charge on any atom is 0.263 e. The third-order valence-electron chi connectivity index (χ3n) is 2.85. The molecule has 0 fully saturated rings. The number of sulfonamides is 1. The normalized spacial score (nSPS) is 18.2. The minimum absolute atomic E-state index is 0.285. The molecule has 0 radical (unpaired) electrons. The highest BCUT2D eigenvalue weighted by molar-refractivity contribution is 7.90. The largest absolute Gasteiger partial charge is 0.378 e. The quantitative estimate of drug-likeness (QED) is 0.767. The summed E-state index contributed by atoms with van der Waals surface area (Å²) in [5.41, 5.74) is 0.626. The summed E-state index contributed by atoms with van der Waals surface area (Å²) >= 11 is 0. The number of ether oxygens (including phenoxy) is 1. The third kappa shape index (κ3) is 3.56. The summed E-state index contributed by atoms with van der Waals surface area (Å²) in [5, 5.41) is 0. The lowest BCUT2D eigenvalue weighted by atomic mass is 10.2. The first-order chi connectivity index (χ1) is 9.50. The van der Waals surface area contributed by atoms with Gasteiger partial charge in [-0.1, -0.05) is 12.1 Å². The van der Waals surface area contributed by atoms with Gasteiger partial charge in [-0.2, -0.15) is 0 Å². The van der Waals surface area contributed by atoms with E-state index in [4.69, 9.17) is 4.74 Å². The fourth-order valence-electron chi connectivity index (χ4n) is 1.82. The summed E-state index contributed by atoms with van der Waals surface area (Å²) in [6, 6.07) is 6.82. The Hall–Kier alpha value is -1.44.